The molecule has 2 heterocycles. The number of halogens is 4. The smallest absolute Gasteiger partial charge is 0.433 e. The Kier molecular flexibility index (Phi) is 7.45. The molecule has 0 unspecified atom stereocenters. The minimum absolute atomic E-state index is 0. The predicted molar refractivity (Wildman–Crippen MR) is 102 cm³/mol. The molecule has 1 atom stereocenters. The number of carbonyl (C=O) groups is 1. The third kappa shape index (κ3) is 5.59. The molecule has 1 aromatic carbocycles. The molecular weight excluding hydrogens is 411 g/mol. The van der Waals surface area contributed by atoms with Crippen molar-refractivity contribution in [2.45, 2.75) is 19.1 Å². The second-order valence-electron chi connectivity index (χ2n) is 6.62. The maximum Gasteiger partial charge on any atom is 0.433 e. The minimum atomic E-state index is -4.62. The number of aromatic nitrogens is 1. The first-order chi connectivity index (χ1) is 13.3. The average molecular weight is 432 g/mol. The second kappa shape index (κ2) is 9.43. The Morgan fingerprint density at radius 1 is 1.31 bits per heavy atom. The first-order valence-corrected chi connectivity index (χ1v) is 8.76. The Morgan fingerprint density at radius 2 is 2.07 bits per heavy atom. The molecule has 2 aromatic rings. The molecule has 1 aliphatic heterocycles. The molecule has 158 valence electrons. The molecule has 6 nitrogen and oxygen atoms in total. The molecule has 1 fully saturated rings. The van der Waals surface area contributed by atoms with Crippen LogP contribution >= 0.6 is 12.4 Å². The Labute approximate surface area is 171 Å². The Bertz CT molecular complexity index is 864. The summed E-state index contributed by atoms with van der Waals surface area (Å²) in [5, 5.41) is 9.21. The van der Waals surface area contributed by atoms with Crippen LogP contribution in [0.2, 0.25) is 0 Å². The summed E-state index contributed by atoms with van der Waals surface area (Å²) in [6.45, 7) is 0.943. The maximum absolute atomic E-state index is 13.0. The van der Waals surface area contributed by atoms with Gasteiger partial charge in [-0.1, -0.05) is 6.07 Å². The molecule has 10 heteroatoms. The first-order valence-electron chi connectivity index (χ1n) is 8.76. The minimum Gasteiger partial charge on any atom is -0.439 e. The van der Waals surface area contributed by atoms with Gasteiger partial charge in [0.05, 0.1) is 0 Å². The number of pyridine rings is 1. The Balaban J connectivity index is 0.00000300. The van der Waals surface area contributed by atoms with E-state index in [4.69, 9.17) is 10.5 Å². The van der Waals surface area contributed by atoms with E-state index in [-0.39, 0.29) is 54.6 Å². The molecule has 1 aromatic heterocycles. The highest BCUT2D eigenvalue weighted by Gasteiger charge is 2.33. The number of hydrogen-bond acceptors (Lipinski definition) is 5. The van der Waals surface area contributed by atoms with E-state index in [1.165, 1.54) is 18.2 Å². The summed E-state index contributed by atoms with van der Waals surface area (Å²) in [4.78, 5) is 17.7. The van der Waals surface area contributed by atoms with Crippen LogP contribution in [-0.2, 0) is 12.7 Å². The number of alkyl halides is 3. The van der Waals surface area contributed by atoms with Crippen LogP contribution in [0.25, 0.3) is 0 Å². The largest absolute Gasteiger partial charge is 0.439 e. The molecule has 0 saturated carbocycles. The van der Waals surface area contributed by atoms with Crippen molar-refractivity contribution < 1.29 is 27.8 Å². The molecule has 1 amide bonds. The summed E-state index contributed by atoms with van der Waals surface area (Å²) < 4.78 is 44.5. The Morgan fingerprint density at radius 3 is 2.69 bits per heavy atom. The fraction of sp³-hybridized carbons (Fsp3) is 0.368. The van der Waals surface area contributed by atoms with Gasteiger partial charge < -0.3 is 20.5 Å². The summed E-state index contributed by atoms with van der Waals surface area (Å²) >= 11 is 0. The van der Waals surface area contributed by atoms with Crippen molar-refractivity contribution >= 4 is 18.3 Å². The SMILES string of the molecule is Cl.NCc1cc(Oc2cccc(C(=O)N3CC[C@@H](CO)C3)c2)nc(C(F)(F)F)c1. The highest BCUT2D eigenvalue weighted by Crippen LogP contribution is 2.31. The number of likely N-dealkylation sites (tertiary alicyclic amines) is 1. The van der Waals surface area contributed by atoms with E-state index in [1.54, 1.807) is 17.0 Å². The van der Waals surface area contributed by atoms with Crippen molar-refractivity contribution in [3.8, 4) is 11.6 Å². The van der Waals surface area contributed by atoms with Gasteiger partial charge in [0.1, 0.15) is 11.4 Å². The van der Waals surface area contributed by atoms with Crippen molar-refractivity contribution in [1.29, 1.82) is 0 Å². The van der Waals surface area contributed by atoms with Gasteiger partial charge in [-0.3, -0.25) is 4.79 Å². The number of carbonyl (C=O) groups excluding carboxylic acids is 1. The topological polar surface area (TPSA) is 88.7 Å². The summed E-state index contributed by atoms with van der Waals surface area (Å²) in [6.07, 6.45) is -3.89. The normalized spacial score (nSPS) is 16.4. The summed E-state index contributed by atoms with van der Waals surface area (Å²) in [5.41, 5.74) is 4.95. The van der Waals surface area contributed by atoms with Gasteiger partial charge in [0.15, 0.2) is 0 Å². The highest BCUT2D eigenvalue weighted by molar-refractivity contribution is 5.94. The summed E-state index contributed by atoms with van der Waals surface area (Å²) in [5.74, 6) is -0.214. The number of aliphatic hydroxyl groups is 1. The molecule has 1 aliphatic rings. The molecule has 3 N–H and O–H groups in total. The van der Waals surface area contributed by atoms with Crippen molar-refractivity contribution in [2.24, 2.45) is 11.7 Å². The number of aliphatic hydroxyl groups excluding tert-OH is 1. The highest BCUT2D eigenvalue weighted by atomic mass is 35.5. The van der Waals surface area contributed by atoms with Crippen LogP contribution < -0.4 is 10.5 Å². The van der Waals surface area contributed by atoms with E-state index < -0.39 is 11.9 Å². The van der Waals surface area contributed by atoms with E-state index in [0.717, 1.165) is 12.5 Å². The van der Waals surface area contributed by atoms with Gasteiger partial charge in [0.25, 0.3) is 5.91 Å². The number of nitrogens with two attached hydrogens (primary N) is 1. The molecule has 29 heavy (non-hydrogen) atoms. The zero-order valence-corrected chi connectivity index (χ0v) is 16.2. The molecule has 0 bridgehead atoms. The van der Waals surface area contributed by atoms with E-state index in [1.807, 2.05) is 0 Å². The van der Waals surface area contributed by atoms with Gasteiger partial charge in [0.2, 0.25) is 5.88 Å². The standard InChI is InChI=1S/C19H20F3N3O3.ClH/c20-19(21,22)16-6-13(9-23)7-17(24-16)28-15-3-1-2-14(8-15)18(27)25-5-4-12(10-25)11-26;/h1-3,6-8,12,26H,4-5,9-11,23H2;1H/t12-;/m1./s1. The molecule has 3 rings (SSSR count). The lowest BCUT2D eigenvalue weighted by Gasteiger charge is -2.17. The zero-order chi connectivity index (χ0) is 20.3. The second-order valence-corrected chi connectivity index (χ2v) is 6.62. The average Bonchev–Trinajstić information content (AvgIpc) is 3.16. The van der Waals surface area contributed by atoms with E-state index in [9.17, 15) is 23.1 Å². The summed E-state index contributed by atoms with van der Waals surface area (Å²) in [6, 6.07) is 8.37. The van der Waals surface area contributed by atoms with Gasteiger partial charge in [-0.15, -0.1) is 12.4 Å². The van der Waals surface area contributed by atoms with Gasteiger partial charge >= 0.3 is 6.18 Å². The van der Waals surface area contributed by atoms with Gasteiger partial charge in [-0.2, -0.15) is 13.2 Å². The fourth-order valence-electron chi connectivity index (χ4n) is 3.04. The van der Waals surface area contributed by atoms with E-state index >= 15 is 0 Å². The number of nitrogens with zero attached hydrogens (tertiary/aromatic N) is 2. The van der Waals surface area contributed by atoms with Crippen LogP contribution in [0, 0.1) is 5.92 Å². The monoisotopic (exact) mass is 431 g/mol. The van der Waals surface area contributed by atoms with Gasteiger partial charge in [-0.05, 0) is 36.2 Å². The van der Waals surface area contributed by atoms with Gasteiger partial charge in [-0.25, -0.2) is 4.98 Å². The van der Waals surface area contributed by atoms with Crippen LogP contribution in [0.3, 0.4) is 0 Å². The molecule has 0 aliphatic carbocycles. The van der Waals surface area contributed by atoms with E-state index in [0.29, 0.717) is 18.7 Å². The molecule has 1 saturated heterocycles. The summed E-state index contributed by atoms with van der Waals surface area (Å²) in [7, 11) is 0. The predicted octanol–water partition coefficient (Wildman–Crippen LogP) is 3.23. The van der Waals surface area contributed by atoms with Crippen LogP contribution in [-0.4, -0.2) is 40.6 Å². The van der Waals surface area contributed by atoms with Crippen molar-refractivity contribution in [1.82, 2.24) is 9.88 Å². The number of amides is 1. The zero-order valence-electron chi connectivity index (χ0n) is 15.4. The number of ether oxygens (including phenoxy) is 1. The number of benzene rings is 1. The van der Waals surface area contributed by atoms with Crippen LogP contribution in [0.4, 0.5) is 13.2 Å². The van der Waals surface area contributed by atoms with Crippen LogP contribution in [0.1, 0.15) is 28.0 Å². The van der Waals surface area contributed by atoms with Crippen molar-refractivity contribution in [3.05, 3.63) is 53.2 Å². The number of rotatable bonds is 5. The quantitative estimate of drug-likeness (QED) is 0.758. The maximum atomic E-state index is 13.0. The lowest BCUT2D eigenvalue weighted by atomic mass is 10.1. The number of hydrogen-bond donors (Lipinski definition) is 2. The van der Waals surface area contributed by atoms with Crippen LogP contribution in [0.15, 0.2) is 36.4 Å². The third-order valence-electron chi connectivity index (χ3n) is 4.52. The third-order valence-corrected chi connectivity index (χ3v) is 4.52. The van der Waals surface area contributed by atoms with E-state index in [2.05, 4.69) is 4.98 Å². The van der Waals surface area contributed by atoms with Crippen molar-refractivity contribution in [2.75, 3.05) is 19.7 Å². The molecule has 0 spiro atoms. The van der Waals surface area contributed by atoms with Gasteiger partial charge in [0, 0.05) is 43.8 Å². The van der Waals surface area contributed by atoms with Crippen molar-refractivity contribution in [3.63, 3.8) is 0 Å². The molecule has 0 radical (unpaired) electrons. The fourth-order valence-corrected chi connectivity index (χ4v) is 3.04. The first kappa shape index (κ1) is 22.9. The molecular formula is C19H21ClF3N3O3. The Hall–Kier alpha value is -2.36. The lowest BCUT2D eigenvalue weighted by Crippen LogP contribution is -2.29. The lowest BCUT2D eigenvalue weighted by molar-refractivity contribution is -0.141. The van der Waals surface area contributed by atoms with Crippen LogP contribution in [0.5, 0.6) is 11.6 Å².